The van der Waals surface area contributed by atoms with Crippen molar-refractivity contribution < 1.29 is 18.0 Å². The Morgan fingerprint density at radius 3 is 2.30 bits per heavy atom. The number of amides is 2. The molecule has 2 aromatic rings. The van der Waals surface area contributed by atoms with E-state index in [0.717, 1.165) is 47.1 Å². The van der Waals surface area contributed by atoms with Crippen molar-refractivity contribution >= 4 is 66.7 Å². The van der Waals surface area contributed by atoms with Crippen molar-refractivity contribution in [3.05, 3.63) is 62.5 Å². The maximum absolute atomic E-state index is 13.8. The lowest BCUT2D eigenvalue weighted by Crippen LogP contribution is -2.54. The molecule has 1 N–H and O–H groups in total. The van der Waals surface area contributed by atoms with Crippen molar-refractivity contribution in [1.29, 1.82) is 0 Å². The zero-order chi connectivity index (χ0) is 27.2. The minimum Gasteiger partial charge on any atom is -0.352 e. The third-order valence-corrected chi connectivity index (χ3v) is 8.74. The summed E-state index contributed by atoms with van der Waals surface area (Å²) in [6, 6.07) is 10.9. The molecule has 1 atom stereocenters. The largest absolute Gasteiger partial charge is 0.352 e. The van der Waals surface area contributed by atoms with Crippen molar-refractivity contribution in [1.82, 2.24) is 10.2 Å². The van der Waals surface area contributed by atoms with Crippen molar-refractivity contribution in [2.75, 3.05) is 17.1 Å². The first kappa shape index (κ1) is 29.7. The number of nitrogens with zero attached hydrogens (tertiary/aromatic N) is 2. The van der Waals surface area contributed by atoms with Crippen LogP contribution in [-0.2, 0) is 26.2 Å². The SMILES string of the molecule is CCC(C(=O)NC1CCCCC1)N(Cc1ccc(Cl)cc1Cl)C(=O)CN(c1ccc(Br)cc1)S(C)(=O)=O. The van der Waals surface area contributed by atoms with E-state index in [2.05, 4.69) is 21.2 Å². The molecule has 7 nitrogen and oxygen atoms in total. The van der Waals surface area contributed by atoms with Gasteiger partial charge in [-0.05, 0) is 61.2 Å². The summed E-state index contributed by atoms with van der Waals surface area (Å²) in [5.41, 5.74) is 0.959. The van der Waals surface area contributed by atoms with E-state index in [1.54, 1.807) is 42.5 Å². The van der Waals surface area contributed by atoms with Gasteiger partial charge in [-0.1, -0.05) is 71.4 Å². The van der Waals surface area contributed by atoms with E-state index >= 15 is 0 Å². The first-order chi connectivity index (χ1) is 17.5. The fraction of sp³-hybridized carbons (Fsp3) is 0.462. The van der Waals surface area contributed by atoms with Gasteiger partial charge < -0.3 is 10.2 Å². The molecule has 11 heteroatoms. The summed E-state index contributed by atoms with van der Waals surface area (Å²) >= 11 is 15.8. The van der Waals surface area contributed by atoms with Crippen LogP contribution in [0.3, 0.4) is 0 Å². The van der Waals surface area contributed by atoms with Crippen LogP contribution >= 0.6 is 39.1 Å². The Hall–Kier alpha value is -1.81. The van der Waals surface area contributed by atoms with Gasteiger partial charge in [0.1, 0.15) is 12.6 Å². The predicted molar refractivity (Wildman–Crippen MR) is 152 cm³/mol. The van der Waals surface area contributed by atoms with E-state index in [1.807, 2.05) is 6.92 Å². The monoisotopic (exact) mass is 631 g/mol. The summed E-state index contributed by atoms with van der Waals surface area (Å²) in [6.45, 7) is 1.40. The molecule has 0 bridgehead atoms. The molecule has 1 fully saturated rings. The Morgan fingerprint density at radius 2 is 1.73 bits per heavy atom. The number of halogens is 3. The van der Waals surface area contributed by atoms with Crippen LogP contribution in [0.2, 0.25) is 10.0 Å². The Kier molecular flexibility index (Phi) is 10.7. The molecule has 2 aromatic carbocycles. The maximum atomic E-state index is 13.8. The molecule has 1 aliphatic carbocycles. The first-order valence-corrected chi connectivity index (χ1v) is 15.7. The summed E-state index contributed by atoms with van der Waals surface area (Å²) < 4.78 is 27.2. The molecule has 37 heavy (non-hydrogen) atoms. The van der Waals surface area contributed by atoms with Gasteiger partial charge in [0.15, 0.2) is 0 Å². The minimum atomic E-state index is -3.79. The quantitative estimate of drug-likeness (QED) is 0.360. The van der Waals surface area contributed by atoms with Gasteiger partial charge >= 0.3 is 0 Å². The highest BCUT2D eigenvalue weighted by atomic mass is 79.9. The number of hydrogen-bond acceptors (Lipinski definition) is 4. The molecule has 0 saturated heterocycles. The first-order valence-electron chi connectivity index (χ1n) is 12.3. The van der Waals surface area contributed by atoms with E-state index < -0.39 is 28.5 Å². The summed E-state index contributed by atoms with van der Waals surface area (Å²) in [5.74, 6) is -0.757. The van der Waals surface area contributed by atoms with Crippen molar-refractivity contribution in [2.45, 2.75) is 64.1 Å². The number of carbonyl (C=O) groups is 2. The lowest BCUT2D eigenvalue weighted by Gasteiger charge is -2.34. The predicted octanol–water partition coefficient (Wildman–Crippen LogP) is 5.78. The van der Waals surface area contributed by atoms with Gasteiger partial charge in [-0.2, -0.15) is 0 Å². The highest BCUT2D eigenvalue weighted by Crippen LogP contribution is 2.26. The average Bonchev–Trinajstić information content (AvgIpc) is 2.84. The Bertz CT molecular complexity index is 1200. The molecule has 0 spiro atoms. The topological polar surface area (TPSA) is 86.8 Å². The summed E-state index contributed by atoms with van der Waals surface area (Å²) in [7, 11) is -3.79. The van der Waals surface area contributed by atoms with E-state index in [0.29, 0.717) is 27.7 Å². The van der Waals surface area contributed by atoms with Crippen molar-refractivity contribution in [2.24, 2.45) is 0 Å². The van der Waals surface area contributed by atoms with Crippen molar-refractivity contribution in [3.8, 4) is 0 Å². The summed E-state index contributed by atoms with van der Waals surface area (Å²) in [6.07, 6.45) is 6.49. The number of hydrogen-bond donors (Lipinski definition) is 1. The second kappa shape index (κ2) is 13.3. The molecule has 1 saturated carbocycles. The third kappa shape index (κ3) is 8.34. The third-order valence-electron chi connectivity index (χ3n) is 6.49. The van der Waals surface area contributed by atoms with E-state index in [4.69, 9.17) is 23.2 Å². The van der Waals surface area contributed by atoms with E-state index in [9.17, 15) is 18.0 Å². The average molecular weight is 633 g/mol. The Balaban J connectivity index is 1.93. The van der Waals surface area contributed by atoms with Gasteiger partial charge in [0.2, 0.25) is 21.8 Å². The lowest BCUT2D eigenvalue weighted by molar-refractivity contribution is -0.140. The maximum Gasteiger partial charge on any atom is 0.244 e. The molecule has 3 rings (SSSR count). The molecular weight excluding hydrogens is 601 g/mol. The highest BCUT2D eigenvalue weighted by molar-refractivity contribution is 9.10. The fourth-order valence-electron chi connectivity index (χ4n) is 4.52. The Labute approximate surface area is 237 Å². The zero-order valence-corrected chi connectivity index (χ0v) is 24.8. The van der Waals surface area contributed by atoms with Gasteiger partial charge in [0.25, 0.3) is 0 Å². The molecule has 202 valence electrons. The number of anilines is 1. The summed E-state index contributed by atoms with van der Waals surface area (Å²) in [4.78, 5) is 28.6. The van der Waals surface area contributed by atoms with Gasteiger partial charge in [0, 0.05) is 27.1 Å². The number of benzene rings is 2. The van der Waals surface area contributed by atoms with Crippen LogP contribution in [0, 0.1) is 0 Å². The van der Waals surface area contributed by atoms with Gasteiger partial charge in [-0.3, -0.25) is 13.9 Å². The fourth-order valence-corrected chi connectivity index (χ4v) is 6.10. The number of sulfonamides is 1. The van der Waals surface area contributed by atoms with Crippen LogP contribution in [0.1, 0.15) is 51.0 Å². The molecular formula is C26H32BrCl2N3O4S. The molecule has 2 amide bonds. The van der Waals surface area contributed by atoms with Crippen LogP contribution in [0.5, 0.6) is 0 Å². The normalized spacial score (nSPS) is 15.2. The molecule has 0 heterocycles. The molecule has 0 aromatic heterocycles. The number of nitrogens with one attached hydrogen (secondary N) is 1. The standard InChI is InChI=1S/C26H32BrCl2N3O4S/c1-3-24(26(34)30-21-7-5-4-6-8-21)31(16-18-9-12-20(28)15-23(18)29)25(33)17-32(37(2,35)36)22-13-10-19(27)11-14-22/h9-15,21,24H,3-8,16-17H2,1-2H3,(H,30,34). The number of carbonyl (C=O) groups excluding carboxylic acids is 2. The highest BCUT2D eigenvalue weighted by Gasteiger charge is 2.33. The van der Waals surface area contributed by atoms with Crippen LogP contribution < -0.4 is 9.62 Å². The van der Waals surface area contributed by atoms with Crippen molar-refractivity contribution in [3.63, 3.8) is 0 Å². The van der Waals surface area contributed by atoms with Crippen LogP contribution in [0.25, 0.3) is 0 Å². The van der Waals surface area contributed by atoms with E-state index in [-0.39, 0.29) is 18.5 Å². The minimum absolute atomic E-state index is 0.0311. The molecule has 0 aliphatic heterocycles. The Morgan fingerprint density at radius 1 is 1.08 bits per heavy atom. The second-order valence-electron chi connectivity index (χ2n) is 9.27. The summed E-state index contributed by atoms with van der Waals surface area (Å²) in [5, 5.41) is 3.93. The molecule has 0 radical (unpaired) electrons. The number of rotatable bonds is 10. The van der Waals surface area contributed by atoms with Crippen LogP contribution in [-0.4, -0.2) is 50.0 Å². The smallest absolute Gasteiger partial charge is 0.244 e. The van der Waals surface area contributed by atoms with E-state index in [1.165, 1.54) is 4.90 Å². The lowest BCUT2D eigenvalue weighted by atomic mass is 9.95. The van der Waals surface area contributed by atoms with Gasteiger partial charge in [0.05, 0.1) is 11.9 Å². The zero-order valence-electron chi connectivity index (χ0n) is 20.9. The van der Waals surface area contributed by atoms with Crippen LogP contribution in [0.15, 0.2) is 46.9 Å². The van der Waals surface area contributed by atoms with Crippen LogP contribution in [0.4, 0.5) is 5.69 Å². The van der Waals surface area contributed by atoms with Gasteiger partial charge in [-0.15, -0.1) is 0 Å². The molecule has 1 unspecified atom stereocenters. The van der Waals surface area contributed by atoms with Gasteiger partial charge in [-0.25, -0.2) is 8.42 Å². The molecule has 1 aliphatic rings. The second-order valence-corrected chi connectivity index (χ2v) is 12.9.